The van der Waals surface area contributed by atoms with E-state index in [0.29, 0.717) is 22.9 Å². The van der Waals surface area contributed by atoms with Gasteiger partial charge in [-0.1, -0.05) is 0 Å². The van der Waals surface area contributed by atoms with Crippen molar-refractivity contribution in [2.45, 2.75) is 30.6 Å². The van der Waals surface area contributed by atoms with Gasteiger partial charge in [0.25, 0.3) is 0 Å². The second-order valence-corrected chi connectivity index (χ2v) is 10.8. The van der Waals surface area contributed by atoms with Crippen LogP contribution in [0, 0.1) is 29.9 Å². The average Bonchev–Trinajstić information content (AvgIpc) is 3.41. The Kier molecular flexibility index (Phi) is 5.87. The minimum absolute atomic E-state index is 0.0934. The highest BCUT2D eigenvalue weighted by atomic mass is 32.2. The minimum atomic E-state index is -3.84. The lowest BCUT2D eigenvalue weighted by Crippen LogP contribution is -2.19. The topological polar surface area (TPSA) is 156 Å². The number of rotatable bonds is 7. The molecule has 3 heterocycles. The standard InChI is InChI=1S/C23H21F2N9O2S/c1-11-6-18(33-31-11)28-22-19(12-4-5-12)20(14-10-27-32-17(14)9-26)29-23(30-22)34(2)21-15(24)7-13(8-16(21)25)37(3,35)36/h6-8,10,12H,4-5H2,1-3H3,(H,27,32)(H2,28,29,30,31,33). The quantitative estimate of drug-likeness (QED) is 0.326. The van der Waals surface area contributed by atoms with Gasteiger partial charge in [-0.05, 0) is 37.8 Å². The van der Waals surface area contributed by atoms with Gasteiger partial charge in [0.1, 0.15) is 23.3 Å². The number of hydrogen-bond acceptors (Lipinski definition) is 9. The third-order valence-electron chi connectivity index (χ3n) is 5.93. The maximum atomic E-state index is 15.0. The molecular formula is C23H21F2N9O2S. The fourth-order valence-electron chi connectivity index (χ4n) is 4.00. The Hall–Kier alpha value is -4.38. The molecule has 0 saturated heterocycles. The zero-order valence-electron chi connectivity index (χ0n) is 20.0. The second-order valence-electron chi connectivity index (χ2n) is 8.81. The maximum Gasteiger partial charge on any atom is 0.232 e. The molecule has 0 unspecified atom stereocenters. The molecule has 4 aromatic rings. The van der Waals surface area contributed by atoms with Crippen LogP contribution < -0.4 is 10.2 Å². The zero-order chi connectivity index (χ0) is 26.5. The van der Waals surface area contributed by atoms with Gasteiger partial charge in [0, 0.05) is 30.6 Å². The molecule has 14 heteroatoms. The summed E-state index contributed by atoms with van der Waals surface area (Å²) >= 11 is 0. The molecule has 1 fully saturated rings. The van der Waals surface area contributed by atoms with Crippen LogP contribution in [0.15, 0.2) is 29.3 Å². The Bertz CT molecular complexity index is 1650. The van der Waals surface area contributed by atoms with Gasteiger partial charge in [-0.3, -0.25) is 10.2 Å². The highest BCUT2D eigenvalue weighted by Gasteiger charge is 2.34. The smallest absolute Gasteiger partial charge is 0.232 e. The molecule has 1 aliphatic carbocycles. The molecule has 0 atom stereocenters. The van der Waals surface area contributed by atoms with Gasteiger partial charge in [0.05, 0.1) is 22.3 Å². The van der Waals surface area contributed by atoms with E-state index in [9.17, 15) is 13.7 Å². The molecule has 1 saturated carbocycles. The van der Waals surface area contributed by atoms with Crippen molar-refractivity contribution < 1.29 is 17.2 Å². The third kappa shape index (κ3) is 4.60. The molecule has 3 aromatic heterocycles. The van der Waals surface area contributed by atoms with E-state index in [4.69, 9.17) is 0 Å². The number of aryl methyl sites for hydroxylation is 1. The monoisotopic (exact) mass is 525 g/mol. The number of hydrogen-bond donors (Lipinski definition) is 3. The normalized spacial score (nSPS) is 13.4. The first kappa shape index (κ1) is 24.3. The molecule has 0 radical (unpaired) electrons. The van der Waals surface area contributed by atoms with E-state index in [1.54, 1.807) is 6.07 Å². The van der Waals surface area contributed by atoms with Crippen LogP contribution in [0.25, 0.3) is 11.3 Å². The van der Waals surface area contributed by atoms with Crippen LogP contribution in [0.1, 0.15) is 35.7 Å². The highest BCUT2D eigenvalue weighted by Crippen LogP contribution is 2.48. The fraction of sp³-hybridized carbons (Fsp3) is 0.261. The molecule has 37 heavy (non-hydrogen) atoms. The Morgan fingerprint density at radius 3 is 2.43 bits per heavy atom. The summed E-state index contributed by atoms with van der Waals surface area (Å²) < 4.78 is 53.8. The number of aromatic nitrogens is 6. The Labute approximate surface area is 210 Å². The van der Waals surface area contributed by atoms with E-state index in [2.05, 4.69) is 35.7 Å². The van der Waals surface area contributed by atoms with Crippen LogP contribution >= 0.6 is 0 Å². The average molecular weight is 526 g/mol. The van der Waals surface area contributed by atoms with Crippen LogP contribution in [0.2, 0.25) is 0 Å². The summed E-state index contributed by atoms with van der Waals surface area (Å²) in [7, 11) is -2.48. The maximum absolute atomic E-state index is 15.0. The van der Waals surface area contributed by atoms with Crippen molar-refractivity contribution in [3.05, 3.63) is 53.0 Å². The van der Waals surface area contributed by atoms with Gasteiger partial charge >= 0.3 is 0 Å². The van der Waals surface area contributed by atoms with E-state index < -0.39 is 32.1 Å². The van der Waals surface area contributed by atoms with Gasteiger partial charge in [0.15, 0.2) is 27.3 Å². The van der Waals surface area contributed by atoms with Gasteiger partial charge < -0.3 is 10.2 Å². The Morgan fingerprint density at radius 2 is 1.86 bits per heavy atom. The van der Waals surface area contributed by atoms with Crippen LogP contribution in [0.4, 0.5) is 32.1 Å². The summed E-state index contributed by atoms with van der Waals surface area (Å²) in [5, 5.41) is 26.4. The van der Waals surface area contributed by atoms with E-state index in [1.807, 2.05) is 13.0 Å². The van der Waals surface area contributed by atoms with Crippen molar-refractivity contribution in [3.63, 3.8) is 0 Å². The number of H-pyrrole nitrogens is 2. The number of anilines is 4. The lowest BCUT2D eigenvalue weighted by atomic mass is 10.0. The molecule has 0 amide bonds. The van der Waals surface area contributed by atoms with Crippen molar-refractivity contribution in [1.82, 2.24) is 30.4 Å². The van der Waals surface area contributed by atoms with Crippen molar-refractivity contribution in [2.75, 3.05) is 23.5 Å². The molecule has 1 aliphatic rings. The fourth-order valence-corrected chi connectivity index (χ4v) is 4.63. The van der Waals surface area contributed by atoms with E-state index in [0.717, 1.165) is 47.4 Å². The number of nitriles is 1. The van der Waals surface area contributed by atoms with Crippen LogP contribution in [-0.4, -0.2) is 52.1 Å². The number of nitrogens with one attached hydrogen (secondary N) is 3. The summed E-state index contributed by atoms with van der Waals surface area (Å²) in [5.74, 6) is -1.36. The number of benzene rings is 1. The van der Waals surface area contributed by atoms with Crippen molar-refractivity contribution in [1.29, 1.82) is 5.26 Å². The zero-order valence-corrected chi connectivity index (χ0v) is 20.8. The summed E-state index contributed by atoms with van der Waals surface area (Å²) in [6, 6.07) is 5.31. The number of aromatic amines is 2. The van der Waals surface area contributed by atoms with Gasteiger partial charge in [0.2, 0.25) is 5.95 Å². The lowest BCUT2D eigenvalue weighted by Gasteiger charge is -2.22. The number of halogens is 2. The third-order valence-corrected chi connectivity index (χ3v) is 7.02. The number of nitrogens with zero attached hydrogens (tertiary/aromatic N) is 6. The predicted octanol–water partition coefficient (Wildman–Crippen LogP) is 3.84. The van der Waals surface area contributed by atoms with E-state index in [1.165, 1.54) is 13.2 Å². The summed E-state index contributed by atoms with van der Waals surface area (Å²) in [4.78, 5) is 9.79. The van der Waals surface area contributed by atoms with Gasteiger partial charge in [-0.15, -0.1) is 0 Å². The van der Waals surface area contributed by atoms with Crippen molar-refractivity contribution in [2.24, 2.45) is 0 Å². The first-order valence-electron chi connectivity index (χ1n) is 11.1. The van der Waals surface area contributed by atoms with Crippen LogP contribution in [0.3, 0.4) is 0 Å². The first-order valence-corrected chi connectivity index (χ1v) is 13.0. The van der Waals surface area contributed by atoms with Crippen molar-refractivity contribution in [3.8, 4) is 17.3 Å². The highest BCUT2D eigenvalue weighted by molar-refractivity contribution is 7.90. The molecule has 11 nitrogen and oxygen atoms in total. The Balaban J connectivity index is 1.71. The van der Waals surface area contributed by atoms with Crippen molar-refractivity contribution >= 4 is 33.1 Å². The summed E-state index contributed by atoms with van der Waals surface area (Å²) in [6.07, 6.45) is 4.07. The predicted molar refractivity (Wildman–Crippen MR) is 130 cm³/mol. The second kappa shape index (κ2) is 8.93. The minimum Gasteiger partial charge on any atom is -0.323 e. The van der Waals surface area contributed by atoms with Gasteiger partial charge in [-0.25, -0.2) is 22.2 Å². The summed E-state index contributed by atoms with van der Waals surface area (Å²) in [6.45, 7) is 1.83. The largest absolute Gasteiger partial charge is 0.323 e. The van der Waals surface area contributed by atoms with E-state index in [-0.39, 0.29) is 17.6 Å². The van der Waals surface area contributed by atoms with E-state index >= 15 is 8.78 Å². The van der Waals surface area contributed by atoms with Gasteiger partial charge in [-0.2, -0.15) is 20.4 Å². The first-order chi connectivity index (χ1) is 17.6. The lowest BCUT2D eigenvalue weighted by molar-refractivity contribution is 0.569. The molecular weight excluding hydrogens is 504 g/mol. The van der Waals surface area contributed by atoms with Crippen LogP contribution in [-0.2, 0) is 9.84 Å². The summed E-state index contributed by atoms with van der Waals surface area (Å²) in [5.41, 5.74) is 1.96. The molecule has 190 valence electrons. The molecule has 0 aliphatic heterocycles. The molecule has 0 bridgehead atoms. The molecule has 1 aromatic carbocycles. The molecule has 3 N–H and O–H groups in total. The molecule has 0 spiro atoms. The SMILES string of the molecule is Cc1cc(Nc2nc(N(C)c3c(F)cc(S(C)(=O)=O)cc3F)nc(-c3cn[nH]c3C#N)c2C2CC2)n[nH]1. The molecule has 5 rings (SSSR count). The Morgan fingerprint density at radius 1 is 1.16 bits per heavy atom. The number of sulfone groups is 1. The van der Waals surface area contributed by atoms with Crippen LogP contribution in [0.5, 0.6) is 0 Å².